The number of nitro groups is 1. The van der Waals surface area contributed by atoms with E-state index in [0.29, 0.717) is 49.5 Å². The van der Waals surface area contributed by atoms with E-state index >= 15 is 0 Å². The first kappa shape index (κ1) is 28.0. The molecule has 1 saturated heterocycles. The number of hydrogen-bond donors (Lipinski definition) is 0. The molecule has 0 atom stereocenters. The van der Waals surface area contributed by atoms with Crippen LogP contribution in [0.5, 0.6) is 5.75 Å². The number of allylic oxidation sites excluding steroid dienone is 1. The number of hydroxylamine groups is 2. The van der Waals surface area contributed by atoms with Crippen LogP contribution < -0.4 is 9.64 Å². The SMILES string of the molecule is COc1cc2c(cc1N=Nc1ccc([N+](=O)[O-])cc1Cl)C(C)=CC(C)(C)N2CCCC(=O)ON1CCCC1=O. The van der Waals surface area contributed by atoms with Gasteiger partial charge in [-0.1, -0.05) is 17.7 Å². The zero-order chi connectivity index (χ0) is 28.3. The second kappa shape index (κ2) is 11.4. The fourth-order valence-electron chi connectivity index (χ4n) is 4.81. The number of azo groups is 1. The van der Waals surface area contributed by atoms with Gasteiger partial charge in [-0.05, 0) is 51.3 Å². The lowest BCUT2D eigenvalue weighted by Gasteiger charge is -2.43. The molecule has 12 heteroatoms. The second-order valence-corrected chi connectivity index (χ2v) is 10.3. The Morgan fingerprint density at radius 3 is 2.59 bits per heavy atom. The Kier molecular flexibility index (Phi) is 8.19. The average Bonchev–Trinajstić information content (AvgIpc) is 3.28. The number of nitro benzene ring substituents is 1. The zero-order valence-electron chi connectivity index (χ0n) is 22.3. The van der Waals surface area contributed by atoms with Crippen LogP contribution in [0.4, 0.5) is 22.7 Å². The Hall–Kier alpha value is -3.99. The van der Waals surface area contributed by atoms with Crippen molar-refractivity contribution in [1.29, 1.82) is 0 Å². The molecule has 0 radical (unpaired) electrons. The Morgan fingerprint density at radius 1 is 1.21 bits per heavy atom. The number of rotatable bonds is 9. The molecule has 4 rings (SSSR count). The predicted octanol–water partition coefficient (Wildman–Crippen LogP) is 6.53. The van der Waals surface area contributed by atoms with Gasteiger partial charge >= 0.3 is 5.97 Å². The maximum atomic E-state index is 12.3. The van der Waals surface area contributed by atoms with Gasteiger partial charge in [0.25, 0.3) is 11.6 Å². The van der Waals surface area contributed by atoms with Crippen LogP contribution in [0.25, 0.3) is 5.57 Å². The monoisotopic (exact) mass is 555 g/mol. The van der Waals surface area contributed by atoms with Crippen LogP contribution in [-0.4, -0.2) is 47.6 Å². The molecule has 11 nitrogen and oxygen atoms in total. The Morgan fingerprint density at radius 2 is 1.95 bits per heavy atom. The van der Waals surface area contributed by atoms with Crippen LogP contribution in [-0.2, 0) is 14.4 Å². The molecule has 0 aromatic heterocycles. The van der Waals surface area contributed by atoms with Crippen LogP contribution in [0, 0.1) is 10.1 Å². The molecule has 39 heavy (non-hydrogen) atoms. The van der Waals surface area contributed by atoms with E-state index in [1.165, 1.54) is 25.3 Å². The molecular formula is C27H30ClN5O6. The summed E-state index contributed by atoms with van der Waals surface area (Å²) in [6.45, 7) is 7.21. The number of hydrogen-bond acceptors (Lipinski definition) is 9. The van der Waals surface area contributed by atoms with E-state index in [0.717, 1.165) is 21.9 Å². The minimum Gasteiger partial charge on any atom is -0.494 e. The lowest BCUT2D eigenvalue weighted by molar-refractivity contribution is -0.384. The van der Waals surface area contributed by atoms with Gasteiger partial charge in [-0.25, -0.2) is 4.79 Å². The molecule has 2 aromatic rings. The smallest absolute Gasteiger partial charge is 0.332 e. The topological polar surface area (TPSA) is 127 Å². The Balaban J connectivity index is 1.55. The van der Waals surface area contributed by atoms with Crippen LogP contribution in [0.2, 0.25) is 5.02 Å². The lowest BCUT2D eigenvalue weighted by atomic mass is 9.88. The van der Waals surface area contributed by atoms with Crippen molar-refractivity contribution in [1.82, 2.24) is 5.06 Å². The summed E-state index contributed by atoms with van der Waals surface area (Å²) in [4.78, 5) is 41.9. The fraction of sp³-hybridized carbons (Fsp3) is 0.407. The second-order valence-electron chi connectivity index (χ2n) is 9.93. The maximum Gasteiger partial charge on any atom is 0.332 e. The van der Waals surface area contributed by atoms with Gasteiger partial charge in [0, 0.05) is 48.8 Å². The van der Waals surface area contributed by atoms with Gasteiger partial charge in [0.1, 0.15) is 17.1 Å². The lowest BCUT2D eigenvalue weighted by Crippen LogP contribution is -2.45. The summed E-state index contributed by atoms with van der Waals surface area (Å²) in [5.74, 6) is -0.103. The minimum absolute atomic E-state index is 0.113. The zero-order valence-corrected chi connectivity index (χ0v) is 23.0. The van der Waals surface area contributed by atoms with E-state index in [9.17, 15) is 19.7 Å². The molecule has 0 bridgehead atoms. The van der Waals surface area contributed by atoms with E-state index in [1.807, 2.05) is 19.1 Å². The number of methoxy groups -OCH3 is 1. The molecule has 2 aromatic carbocycles. The van der Waals surface area contributed by atoms with Gasteiger partial charge in [-0.2, -0.15) is 5.06 Å². The number of non-ortho nitro benzene ring substituents is 1. The van der Waals surface area contributed by atoms with Crippen molar-refractivity contribution in [3.05, 3.63) is 57.1 Å². The highest BCUT2D eigenvalue weighted by molar-refractivity contribution is 6.33. The van der Waals surface area contributed by atoms with Crippen LogP contribution in [0.3, 0.4) is 0 Å². The summed E-state index contributed by atoms with van der Waals surface area (Å²) in [5, 5.41) is 20.8. The molecule has 2 heterocycles. The highest BCUT2D eigenvalue weighted by atomic mass is 35.5. The molecule has 2 aliphatic rings. The van der Waals surface area contributed by atoms with Crippen molar-refractivity contribution in [3.8, 4) is 5.75 Å². The number of fused-ring (bicyclic) bond motifs is 1. The van der Waals surface area contributed by atoms with Gasteiger partial charge in [0.2, 0.25) is 0 Å². The number of halogens is 1. The van der Waals surface area contributed by atoms with Gasteiger partial charge in [0.05, 0.1) is 29.1 Å². The van der Waals surface area contributed by atoms with Crippen molar-refractivity contribution in [3.63, 3.8) is 0 Å². The van der Waals surface area contributed by atoms with E-state index in [-0.39, 0.29) is 28.6 Å². The third-order valence-corrected chi connectivity index (χ3v) is 6.99. The molecule has 206 valence electrons. The van der Waals surface area contributed by atoms with E-state index < -0.39 is 10.9 Å². The highest BCUT2D eigenvalue weighted by Crippen LogP contribution is 2.45. The first-order valence-corrected chi connectivity index (χ1v) is 12.9. The van der Waals surface area contributed by atoms with Crippen LogP contribution in [0.1, 0.15) is 52.0 Å². The van der Waals surface area contributed by atoms with E-state index in [1.54, 1.807) is 0 Å². The van der Waals surface area contributed by atoms with Crippen molar-refractivity contribution in [2.45, 2.75) is 52.0 Å². The standard InChI is InChI=1S/C27H30ClN5O6/c1-17-16-27(2,3)31(11-6-8-26(35)39-32-12-5-7-25(32)34)23-15-24(38-4)22(14-19(17)23)30-29-21-10-9-18(33(36)37)13-20(21)28/h9-10,13-16H,5-8,11-12H2,1-4H3. The molecule has 1 amide bonds. The first-order chi connectivity index (χ1) is 18.5. The van der Waals surface area contributed by atoms with Crippen LogP contribution in [0.15, 0.2) is 46.6 Å². The van der Waals surface area contributed by atoms with Crippen LogP contribution >= 0.6 is 11.6 Å². The van der Waals surface area contributed by atoms with E-state index in [4.69, 9.17) is 21.2 Å². The van der Waals surface area contributed by atoms with Crippen molar-refractivity contribution < 1.29 is 24.1 Å². The Labute approximate surface area is 231 Å². The summed E-state index contributed by atoms with van der Waals surface area (Å²) >= 11 is 6.17. The fourth-order valence-corrected chi connectivity index (χ4v) is 5.02. The number of nitrogens with zero attached hydrogens (tertiary/aromatic N) is 5. The molecular weight excluding hydrogens is 526 g/mol. The molecule has 0 unspecified atom stereocenters. The number of carbonyl (C=O) groups is 2. The first-order valence-electron chi connectivity index (χ1n) is 12.6. The third kappa shape index (κ3) is 6.19. The van der Waals surface area contributed by atoms with Crippen molar-refractivity contribution in [2.24, 2.45) is 10.2 Å². The third-order valence-electron chi connectivity index (χ3n) is 6.69. The molecule has 2 aliphatic heterocycles. The largest absolute Gasteiger partial charge is 0.494 e. The molecule has 0 saturated carbocycles. The van der Waals surface area contributed by atoms with E-state index in [2.05, 4.69) is 35.1 Å². The summed E-state index contributed by atoms with van der Waals surface area (Å²) in [6.07, 6.45) is 3.95. The number of amides is 1. The quantitative estimate of drug-likeness (QED) is 0.195. The average molecular weight is 556 g/mol. The number of carbonyl (C=O) groups excluding carboxylic acids is 2. The van der Waals surface area contributed by atoms with Gasteiger partial charge in [-0.3, -0.25) is 14.9 Å². The van der Waals surface area contributed by atoms with Gasteiger partial charge in [-0.15, -0.1) is 10.2 Å². The summed E-state index contributed by atoms with van der Waals surface area (Å²) < 4.78 is 5.63. The van der Waals surface area contributed by atoms with Gasteiger partial charge < -0.3 is 14.5 Å². The number of benzene rings is 2. The van der Waals surface area contributed by atoms with Crippen molar-refractivity contribution in [2.75, 3.05) is 25.1 Å². The maximum absolute atomic E-state index is 12.3. The Bertz CT molecular complexity index is 1370. The summed E-state index contributed by atoms with van der Waals surface area (Å²) in [7, 11) is 1.54. The summed E-state index contributed by atoms with van der Waals surface area (Å²) in [6, 6.07) is 7.75. The van der Waals surface area contributed by atoms with Gasteiger partial charge in [0.15, 0.2) is 0 Å². The summed E-state index contributed by atoms with van der Waals surface area (Å²) in [5.41, 5.74) is 3.19. The molecule has 0 spiro atoms. The molecule has 0 aliphatic carbocycles. The van der Waals surface area contributed by atoms with Crippen molar-refractivity contribution >= 4 is 51.8 Å². The molecule has 0 N–H and O–H groups in total. The minimum atomic E-state index is -0.529. The highest BCUT2D eigenvalue weighted by Gasteiger charge is 2.32. The predicted molar refractivity (Wildman–Crippen MR) is 147 cm³/mol. The number of ether oxygens (including phenoxy) is 1. The normalized spacial score (nSPS) is 16.3. The molecule has 1 fully saturated rings. The number of anilines is 1.